The summed E-state index contributed by atoms with van der Waals surface area (Å²) < 4.78 is 4.53. The molecule has 62 heavy (non-hydrogen) atoms. The van der Waals surface area contributed by atoms with E-state index in [9.17, 15) is 0 Å². The average molecular weight is 795 g/mol. The summed E-state index contributed by atoms with van der Waals surface area (Å²) >= 11 is 0. The molecular weight excluding hydrogens is 761 g/mol. The van der Waals surface area contributed by atoms with Gasteiger partial charge in [0.15, 0.2) is 17.5 Å². The molecule has 0 bridgehead atoms. The van der Waals surface area contributed by atoms with Crippen LogP contribution in [0.2, 0.25) is 0 Å². The first-order valence-corrected chi connectivity index (χ1v) is 20.5. The van der Waals surface area contributed by atoms with E-state index in [1.165, 1.54) is 21.5 Å². The zero-order valence-electron chi connectivity index (χ0n) is 33.2. The topological polar surface area (TPSA) is 87.2 Å². The molecule has 0 aliphatic carbocycles. The highest BCUT2D eigenvalue weighted by molar-refractivity contribution is 6.10. The number of rotatable bonds is 7. The van der Waals surface area contributed by atoms with Gasteiger partial charge in [-0.15, -0.1) is 0 Å². The molecule has 0 aliphatic rings. The van der Waals surface area contributed by atoms with Gasteiger partial charge in [-0.2, -0.15) is 0 Å². The predicted molar refractivity (Wildman–Crippen MR) is 249 cm³/mol. The van der Waals surface area contributed by atoms with Crippen LogP contribution in [0.25, 0.3) is 112 Å². The Morgan fingerprint density at radius 2 is 0.613 bits per heavy atom. The maximum Gasteiger partial charge on any atom is 0.164 e. The highest BCUT2D eigenvalue weighted by Gasteiger charge is 2.18. The number of aromatic nitrogens is 8. The van der Waals surface area contributed by atoms with Crippen LogP contribution in [0, 0.1) is 0 Å². The largest absolute Gasteiger partial charge is 0.308 e. The van der Waals surface area contributed by atoms with E-state index in [-0.39, 0.29) is 0 Å². The van der Waals surface area contributed by atoms with E-state index in [2.05, 4.69) is 118 Å². The molecule has 6 aromatic carbocycles. The molecule has 0 fully saturated rings. The highest BCUT2D eigenvalue weighted by atomic mass is 15.0. The van der Waals surface area contributed by atoms with E-state index in [1.807, 2.05) is 97.3 Å². The molecule has 8 nitrogen and oxygen atoms in total. The van der Waals surface area contributed by atoms with Gasteiger partial charge in [0.1, 0.15) is 0 Å². The number of para-hydroxylation sites is 4. The second-order valence-electron chi connectivity index (χ2n) is 15.2. The van der Waals surface area contributed by atoms with Crippen molar-refractivity contribution >= 4 is 43.6 Å². The fourth-order valence-electron chi connectivity index (χ4n) is 8.60. The maximum atomic E-state index is 5.24. The smallest absolute Gasteiger partial charge is 0.164 e. The van der Waals surface area contributed by atoms with Crippen LogP contribution < -0.4 is 0 Å². The first-order valence-electron chi connectivity index (χ1n) is 20.5. The Bertz CT molecular complexity index is 3270. The molecule has 0 atom stereocenters. The first kappa shape index (κ1) is 35.3. The van der Waals surface area contributed by atoms with E-state index < -0.39 is 0 Å². The number of hydrogen-bond acceptors (Lipinski definition) is 6. The van der Waals surface area contributed by atoms with E-state index in [0.717, 1.165) is 50.1 Å². The predicted octanol–water partition coefficient (Wildman–Crippen LogP) is 12.6. The zero-order valence-corrected chi connectivity index (χ0v) is 33.2. The Morgan fingerprint density at radius 1 is 0.274 bits per heavy atom. The monoisotopic (exact) mass is 794 g/mol. The molecular formula is C54H34N8. The zero-order chi connectivity index (χ0) is 41.0. The Hall–Kier alpha value is -8.62. The lowest BCUT2D eigenvalue weighted by Gasteiger charge is -2.12. The molecule has 0 N–H and O–H groups in total. The average Bonchev–Trinajstić information content (AvgIpc) is 3.87. The van der Waals surface area contributed by atoms with E-state index >= 15 is 0 Å². The van der Waals surface area contributed by atoms with Crippen molar-refractivity contribution in [1.82, 2.24) is 39.0 Å². The third kappa shape index (κ3) is 6.00. The standard InChI is InChI=1S/C54H34N8/c1-3-15-35(16-4-1)52-58-53(36-17-5-2-6-18-36)60-54(59-52)37-31-46(44-29-27-38(33-55-44)61-48-23-11-7-19-40(48)41-20-8-12-24-49(41)61)57-47(32-37)45-30-28-39(34-56-45)62-50-25-13-9-21-42(50)43-22-10-14-26-51(43)62/h1-34H. The Kier molecular flexibility index (Phi) is 8.31. The minimum absolute atomic E-state index is 0.520. The Morgan fingerprint density at radius 3 is 0.968 bits per heavy atom. The fraction of sp³-hybridized carbons (Fsp3) is 0. The molecule has 8 heteroatoms. The van der Waals surface area contributed by atoms with Crippen molar-refractivity contribution in [3.63, 3.8) is 0 Å². The lowest BCUT2D eigenvalue weighted by Crippen LogP contribution is -2.02. The van der Waals surface area contributed by atoms with E-state index in [1.54, 1.807) is 0 Å². The van der Waals surface area contributed by atoms with Gasteiger partial charge >= 0.3 is 0 Å². The van der Waals surface area contributed by atoms with Crippen LogP contribution in [-0.2, 0) is 0 Å². The van der Waals surface area contributed by atoms with Crippen molar-refractivity contribution in [2.24, 2.45) is 0 Å². The fourth-order valence-corrected chi connectivity index (χ4v) is 8.60. The summed E-state index contributed by atoms with van der Waals surface area (Å²) in [6, 6.07) is 66.3. The van der Waals surface area contributed by atoms with Crippen LogP contribution in [0.1, 0.15) is 0 Å². The highest BCUT2D eigenvalue weighted by Crippen LogP contribution is 2.35. The van der Waals surface area contributed by atoms with Crippen LogP contribution in [0.3, 0.4) is 0 Å². The summed E-state index contributed by atoms with van der Waals surface area (Å²) in [5, 5.41) is 4.80. The normalized spacial score (nSPS) is 11.5. The quantitative estimate of drug-likeness (QED) is 0.160. The number of fused-ring (bicyclic) bond motifs is 6. The molecule has 0 aliphatic heterocycles. The number of nitrogens with zero attached hydrogens (tertiary/aromatic N) is 8. The molecule has 0 saturated heterocycles. The van der Waals surface area contributed by atoms with Gasteiger partial charge in [-0.3, -0.25) is 9.97 Å². The first-order chi connectivity index (χ1) is 30.7. The molecule has 290 valence electrons. The maximum absolute atomic E-state index is 5.24. The van der Waals surface area contributed by atoms with Gasteiger partial charge in [-0.1, -0.05) is 133 Å². The third-order valence-corrected chi connectivity index (χ3v) is 11.5. The van der Waals surface area contributed by atoms with Gasteiger partial charge in [0.05, 0.1) is 68.6 Å². The van der Waals surface area contributed by atoms with Crippen molar-refractivity contribution in [3.8, 4) is 68.3 Å². The lowest BCUT2D eigenvalue weighted by molar-refractivity contribution is 1.07. The summed E-state index contributed by atoms with van der Waals surface area (Å²) in [6.07, 6.45) is 3.84. The van der Waals surface area contributed by atoms with E-state index in [0.29, 0.717) is 40.2 Å². The van der Waals surface area contributed by atoms with Gasteiger partial charge in [-0.25, -0.2) is 19.9 Å². The summed E-state index contributed by atoms with van der Waals surface area (Å²) in [4.78, 5) is 30.5. The van der Waals surface area contributed by atoms with Gasteiger partial charge in [-0.05, 0) is 60.7 Å². The van der Waals surface area contributed by atoms with Gasteiger partial charge in [0, 0.05) is 38.2 Å². The van der Waals surface area contributed by atoms with Crippen LogP contribution in [0.5, 0.6) is 0 Å². The molecule has 12 aromatic rings. The third-order valence-electron chi connectivity index (χ3n) is 11.5. The molecule has 0 amide bonds. The van der Waals surface area contributed by atoms with Gasteiger partial charge in [0.25, 0.3) is 0 Å². The summed E-state index contributed by atoms with van der Waals surface area (Å²) in [5.74, 6) is 1.68. The summed E-state index contributed by atoms with van der Waals surface area (Å²) in [6.45, 7) is 0. The summed E-state index contributed by atoms with van der Waals surface area (Å²) in [7, 11) is 0. The van der Waals surface area contributed by atoms with Crippen molar-refractivity contribution in [3.05, 3.63) is 207 Å². The van der Waals surface area contributed by atoms with Crippen LogP contribution >= 0.6 is 0 Å². The molecule has 6 aromatic heterocycles. The minimum atomic E-state index is 0.520. The Balaban J connectivity index is 1.02. The van der Waals surface area contributed by atoms with Crippen LogP contribution in [-0.4, -0.2) is 39.0 Å². The Labute approximate surface area is 356 Å². The van der Waals surface area contributed by atoms with Crippen molar-refractivity contribution < 1.29 is 0 Å². The molecule has 0 unspecified atom stereocenters. The SMILES string of the molecule is c1ccc(-c2nc(-c3ccccc3)nc(-c3cc(-c4ccc(-n5c6ccccc6c6ccccc65)cn4)nc(-c4ccc(-n5c6ccccc6c6ccccc65)cn4)c3)n2)cc1. The lowest BCUT2D eigenvalue weighted by atomic mass is 10.1. The molecule has 0 spiro atoms. The number of hydrogen-bond donors (Lipinski definition) is 0. The number of benzene rings is 6. The molecule has 6 heterocycles. The van der Waals surface area contributed by atoms with Crippen molar-refractivity contribution in [1.29, 1.82) is 0 Å². The van der Waals surface area contributed by atoms with E-state index in [4.69, 9.17) is 29.9 Å². The molecule has 0 radical (unpaired) electrons. The van der Waals surface area contributed by atoms with Crippen LogP contribution in [0.4, 0.5) is 0 Å². The summed E-state index contributed by atoms with van der Waals surface area (Å²) in [5.41, 5.74) is 11.7. The second kappa shape index (κ2) is 14.6. The number of pyridine rings is 3. The minimum Gasteiger partial charge on any atom is -0.308 e. The van der Waals surface area contributed by atoms with Crippen LogP contribution in [0.15, 0.2) is 207 Å². The molecule has 12 rings (SSSR count). The molecule has 0 saturated carbocycles. The van der Waals surface area contributed by atoms with Crippen molar-refractivity contribution in [2.45, 2.75) is 0 Å². The van der Waals surface area contributed by atoms with Crippen molar-refractivity contribution in [2.75, 3.05) is 0 Å². The second-order valence-corrected chi connectivity index (χ2v) is 15.2. The van der Waals surface area contributed by atoms with Gasteiger partial charge < -0.3 is 9.13 Å². The van der Waals surface area contributed by atoms with Gasteiger partial charge in [0.2, 0.25) is 0 Å².